The second kappa shape index (κ2) is 5.95. The molecule has 0 bridgehead atoms. The largest absolute Gasteiger partial charge is 0.340 e. The van der Waals surface area contributed by atoms with Gasteiger partial charge in [-0.15, -0.1) is 0 Å². The number of thiophene rings is 1. The molecule has 1 aliphatic rings. The first-order valence-corrected chi connectivity index (χ1v) is 8.10. The fourth-order valence-corrected chi connectivity index (χ4v) is 3.30. The first-order valence-electron chi connectivity index (χ1n) is 7.16. The summed E-state index contributed by atoms with van der Waals surface area (Å²) in [7, 11) is 0. The fourth-order valence-electron chi connectivity index (χ4n) is 2.60. The molecule has 0 aromatic carbocycles. The van der Waals surface area contributed by atoms with Crippen LogP contribution in [0.15, 0.2) is 16.8 Å². The summed E-state index contributed by atoms with van der Waals surface area (Å²) in [6.07, 6.45) is 2.07. The Morgan fingerprint density at radius 1 is 1.40 bits per heavy atom. The third-order valence-corrected chi connectivity index (χ3v) is 4.86. The van der Waals surface area contributed by atoms with E-state index in [2.05, 4.69) is 16.8 Å². The van der Waals surface area contributed by atoms with Crippen LogP contribution in [-0.2, 0) is 16.0 Å². The van der Waals surface area contributed by atoms with Gasteiger partial charge in [-0.2, -0.15) is 11.3 Å². The Morgan fingerprint density at radius 3 is 2.70 bits per heavy atom. The van der Waals surface area contributed by atoms with E-state index in [4.69, 9.17) is 0 Å². The lowest BCUT2D eigenvalue weighted by Crippen LogP contribution is -2.69. The van der Waals surface area contributed by atoms with E-state index < -0.39 is 5.54 Å². The second-order valence-corrected chi connectivity index (χ2v) is 6.26. The number of nitrogens with one attached hydrogen (secondary N) is 1. The van der Waals surface area contributed by atoms with Gasteiger partial charge in [-0.3, -0.25) is 9.59 Å². The zero-order valence-electron chi connectivity index (χ0n) is 12.3. The summed E-state index contributed by atoms with van der Waals surface area (Å²) in [5.74, 6) is 0.0171. The Morgan fingerprint density at radius 2 is 2.15 bits per heavy atom. The van der Waals surface area contributed by atoms with E-state index in [9.17, 15) is 9.59 Å². The number of carbonyl (C=O) groups excluding carboxylic acids is 2. The molecule has 1 N–H and O–H groups in total. The molecule has 110 valence electrons. The van der Waals surface area contributed by atoms with Crippen molar-refractivity contribution in [3.05, 3.63) is 22.4 Å². The third kappa shape index (κ3) is 2.73. The third-order valence-electron chi connectivity index (χ3n) is 4.13. The quantitative estimate of drug-likeness (QED) is 0.905. The first kappa shape index (κ1) is 15.0. The Balaban J connectivity index is 2.16. The van der Waals surface area contributed by atoms with Crippen molar-refractivity contribution in [3.63, 3.8) is 0 Å². The van der Waals surface area contributed by atoms with E-state index in [1.165, 1.54) is 5.56 Å². The van der Waals surface area contributed by atoms with E-state index in [0.29, 0.717) is 19.4 Å². The van der Waals surface area contributed by atoms with Crippen LogP contribution in [0.2, 0.25) is 0 Å². The minimum atomic E-state index is -0.753. The van der Waals surface area contributed by atoms with Crippen LogP contribution in [0.1, 0.15) is 39.2 Å². The molecule has 1 aromatic heterocycles. The van der Waals surface area contributed by atoms with Gasteiger partial charge in [0.05, 0.1) is 0 Å². The highest BCUT2D eigenvalue weighted by molar-refractivity contribution is 7.07. The molecule has 1 aromatic rings. The van der Waals surface area contributed by atoms with Gasteiger partial charge in [0, 0.05) is 6.54 Å². The number of carbonyl (C=O) groups is 2. The van der Waals surface area contributed by atoms with Gasteiger partial charge in [-0.05, 0) is 48.6 Å². The van der Waals surface area contributed by atoms with Crippen molar-refractivity contribution in [2.45, 2.75) is 51.6 Å². The number of hydrogen-bond acceptors (Lipinski definition) is 3. The van der Waals surface area contributed by atoms with Crippen LogP contribution in [0.4, 0.5) is 0 Å². The average Bonchev–Trinajstić information content (AvgIpc) is 2.94. The Hall–Kier alpha value is -1.36. The van der Waals surface area contributed by atoms with Gasteiger partial charge in [0.1, 0.15) is 11.6 Å². The zero-order chi connectivity index (χ0) is 14.8. The SMILES string of the molecule is CCC1C(=O)NC(C)(CC)C(=O)N1CCc1ccsc1. The minimum absolute atomic E-state index is 0.0261. The second-order valence-electron chi connectivity index (χ2n) is 5.48. The molecule has 1 fully saturated rings. The Kier molecular flexibility index (Phi) is 4.48. The highest BCUT2D eigenvalue weighted by Crippen LogP contribution is 2.23. The number of nitrogens with zero attached hydrogens (tertiary/aromatic N) is 1. The zero-order valence-corrected chi connectivity index (χ0v) is 13.1. The molecule has 0 aliphatic carbocycles. The summed E-state index contributed by atoms with van der Waals surface area (Å²) < 4.78 is 0. The van der Waals surface area contributed by atoms with Gasteiger partial charge in [0.2, 0.25) is 11.8 Å². The van der Waals surface area contributed by atoms with E-state index in [-0.39, 0.29) is 17.9 Å². The van der Waals surface area contributed by atoms with Crippen LogP contribution < -0.4 is 5.32 Å². The molecule has 0 spiro atoms. The molecule has 2 unspecified atom stereocenters. The van der Waals surface area contributed by atoms with Crippen LogP contribution in [-0.4, -0.2) is 34.8 Å². The lowest BCUT2D eigenvalue weighted by molar-refractivity contribution is -0.154. The van der Waals surface area contributed by atoms with E-state index in [0.717, 1.165) is 6.42 Å². The predicted octanol–water partition coefficient (Wildman–Crippen LogP) is 2.20. The summed E-state index contributed by atoms with van der Waals surface area (Å²) >= 11 is 1.66. The Bertz CT molecular complexity index is 486. The number of rotatable bonds is 5. The van der Waals surface area contributed by atoms with Crippen LogP contribution in [0.3, 0.4) is 0 Å². The van der Waals surface area contributed by atoms with Crippen LogP contribution in [0.5, 0.6) is 0 Å². The number of amides is 2. The smallest absolute Gasteiger partial charge is 0.248 e. The van der Waals surface area contributed by atoms with E-state index >= 15 is 0 Å². The van der Waals surface area contributed by atoms with Crippen molar-refractivity contribution in [2.75, 3.05) is 6.54 Å². The van der Waals surface area contributed by atoms with Crippen molar-refractivity contribution in [1.29, 1.82) is 0 Å². The van der Waals surface area contributed by atoms with Gasteiger partial charge >= 0.3 is 0 Å². The molecule has 1 saturated heterocycles. The molecule has 4 nitrogen and oxygen atoms in total. The molecular weight excluding hydrogens is 272 g/mol. The van der Waals surface area contributed by atoms with Crippen LogP contribution in [0, 0.1) is 0 Å². The summed E-state index contributed by atoms with van der Waals surface area (Å²) in [6, 6.07) is 1.74. The van der Waals surface area contributed by atoms with Gasteiger partial charge in [0.15, 0.2) is 0 Å². The summed E-state index contributed by atoms with van der Waals surface area (Å²) in [5.41, 5.74) is 0.471. The standard InChI is InChI=1S/C15H22N2O2S/c1-4-12-13(18)16-15(3,5-2)14(19)17(12)8-6-11-7-9-20-10-11/h7,9-10,12H,4-6,8H2,1-3H3,(H,16,18). The van der Waals surface area contributed by atoms with Crippen molar-refractivity contribution in [3.8, 4) is 0 Å². The molecule has 0 saturated carbocycles. The van der Waals surface area contributed by atoms with E-state index in [1.54, 1.807) is 16.2 Å². The summed E-state index contributed by atoms with van der Waals surface area (Å²) in [4.78, 5) is 26.6. The fraction of sp³-hybridized carbons (Fsp3) is 0.600. The summed E-state index contributed by atoms with van der Waals surface area (Å²) in [5, 5.41) is 7.02. The lowest BCUT2D eigenvalue weighted by atomic mass is 9.91. The molecule has 5 heteroatoms. The normalized spacial score (nSPS) is 26.8. The number of piperazine rings is 1. The molecule has 2 atom stereocenters. The van der Waals surface area contributed by atoms with E-state index in [1.807, 2.05) is 26.2 Å². The summed E-state index contributed by atoms with van der Waals surface area (Å²) in [6.45, 7) is 6.30. The maximum Gasteiger partial charge on any atom is 0.248 e. The Labute approximate surface area is 124 Å². The van der Waals surface area contributed by atoms with Gasteiger partial charge in [-0.25, -0.2) is 0 Å². The van der Waals surface area contributed by atoms with Gasteiger partial charge < -0.3 is 10.2 Å². The highest BCUT2D eigenvalue weighted by Gasteiger charge is 2.45. The van der Waals surface area contributed by atoms with Crippen molar-refractivity contribution in [1.82, 2.24) is 10.2 Å². The van der Waals surface area contributed by atoms with Crippen LogP contribution >= 0.6 is 11.3 Å². The molecule has 2 rings (SSSR count). The maximum absolute atomic E-state index is 12.7. The first-order chi connectivity index (χ1) is 9.51. The van der Waals surface area contributed by atoms with Gasteiger partial charge in [0.25, 0.3) is 0 Å². The molecule has 2 amide bonds. The lowest BCUT2D eigenvalue weighted by Gasteiger charge is -2.44. The molecule has 0 radical (unpaired) electrons. The monoisotopic (exact) mass is 294 g/mol. The topological polar surface area (TPSA) is 49.4 Å². The average molecular weight is 294 g/mol. The molecule has 1 aliphatic heterocycles. The maximum atomic E-state index is 12.7. The molecular formula is C15H22N2O2S. The van der Waals surface area contributed by atoms with Crippen molar-refractivity contribution >= 4 is 23.2 Å². The van der Waals surface area contributed by atoms with Crippen molar-refractivity contribution < 1.29 is 9.59 Å². The highest BCUT2D eigenvalue weighted by atomic mass is 32.1. The number of hydrogen-bond donors (Lipinski definition) is 1. The predicted molar refractivity (Wildman–Crippen MR) is 80.7 cm³/mol. The molecule has 2 heterocycles. The molecule has 20 heavy (non-hydrogen) atoms. The van der Waals surface area contributed by atoms with Crippen molar-refractivity contribution in [2.24, 2.45) is 0 Å². The van der Waals surface area contributed by atoms with Crippen LogP contribution in [0.25, 0.3) is 0 Å². The minimum Gasteiger partial charge on any atom is -0.340 e. The van der Waals surface area contributed by atoms with Gasteiger partial charge in [-0.1, -0.05) is 13.8 Å².